The minimum Gasteiger partial charge on any atom is -0.393 e. The van der Waals surface area contributed by atoms with Gasteiger partial charge in [0.2, 0.25) is 0 Å². The second-order valence-electron chi connectivity index (χ2n) is 4.47. The maximum absolute atomic E-state index is 9.38. The molecular weight excluding hydrogens is 164 g/mol. The second-order valence-corrected chi connectivity index (χ2v) is 4.47. The first-order chi connectivity index (χ1) is 6.36. The summed E-state index contributed by atoms with van der Waals surface area (Å²) in [4.78, 5) is 0. The van der Waals surface area contributed by atoms with E-state index in [0.29, 0.717) is 6.10 Å². The number of aliphatic hydroxyl groups is 1. The molecule has 1 aliphatic carbocycles. The minimum atomic E-state index is -0.0279. The first-order valence-electron chi connectivity index (χ1n) is 5.66. The minimum absolute atomic E-state index is 0.0279. The van der Waals surface area contributed by atoms with Crippen molar-refractivity contribution in [3.8, 4) is 0 Å². The van der Waals surface area contributed by atoms with Crippen molar-refractivity contribution in [1.29, 1.82) is 0 Å². The summed E-state index contributed by atoms with van der Waals surface area (Å²) in [6.45, 7) is 0.962. The van der Waals surface area contributed by atoms with Crippen LogP contribution >= 0.6 is 0 Å². The molecule has 1 atom stereocenters. The fourth-order valence-electron chi connectivity index (χ4n) is 2.61. The lowest BCUT2D eigenvalue weighted by Gasteiger charge is -2.34. The summed E-state index contributed by atoms with van der Waals surface area (Å²) in [6, 6.07) is 0. The molecule has 76 valence electrons. The number of rotatable bonds is 1. The Morgan fingerprint density at radius 2 is 1.69 bits per heavy atom. The lowest BCUT2D eigenvalue weighted by atomic mass is 9.81. The smallest absolute Gasteiger partial charge is 0.0603 e. The first kappa shape index (κ1) is 9.47. The molecule has 13 heavy (non-hydrogen) atoms. The van der Waals surface area contributed by atoms with Crippen molar-refractivity contribution in [1.82, 2.24) is 0 Å². The van der Waals surface area contributed by atoms with Gasteiger partial charge in [-0.3, -0.25) is 0 Å². The van der Waals surface area contributed by atoms with Crippen molar-refractivity contribution in [2.45, 2.75) is 57.2 Å². The Bertz CT molecular complexity index is 144. The van der Waals surface area contributed by atoms with E-state index in [1.807, 2.05) is 0 Å². The van der Waals surface area contributed by atoms with Crippen LogP contribution in [0, 0.1) is 5.92 Å². The van der Waals surface area contributed by atoms with Crippen molar-refractivity contribution in [2.75, 3.05) is 6.61 Å². The van der Waals surface area contributed by atoms with Gasteiger partial charge in [-0.2, -0.15) is 0 Å². The van der Waals surface area contributed by atoms with E-state index in [2.05, 4.69) is 0 Å². The molecule has 1 unspecified atom stereocenters. The van der Waals surface area contributed by atoms with E-state index in [1.54, 1.807) is 0 Å². The fourth-order valence-corrected chi connectivity index (χ4v) is 2.61. The predicted octanol–water partition coefficient (Wildman–Crippen LogP) is 2.11. The maximum atomic E-state index is 9.38. The van der Waals surface area contributed by atoms with Crippen LogP contribution in [0.25, 0.3) is 0 Å². The Labute approximate surface area is 80.3 Å². The van der Waals surface area contributed by atoms with Gasteiger partial charge in [0.25, 0.3) is 0 Å². The van der Waals surface area contributed by atoms with Crippen LogP contribution in [0.1, 0.15) is 44.9 Å². The average Bonchev–Trinajstić information content (AvgIpc) is 2.20. The molecular formula is C11H20O2. The zero-order valence-corrected chi connectivity index (χ0v) is 8.24. The van der Waals surface area contributed by atoms with Gasteiger partial charge >= 0.3 is 0 Å². The van der Waals surface area contributed by atoms with Crippen molar-refractivity contribution in [2.24, 2.45) is 5.92 Å². The van der Waals surface area contributed by atoms with Crippen LogP contribution in [0.15, 0.2) is 0 Å². The molecule has 0 radical (unpaired) electrons. The molecule has 2 rings (SSSR count). The van der Waals surface area contributed by atoms with E-state index in [1.165, 1.54) is 32.1 Å². The summed E-state index contributed by atoms with van der Waals surface area (Å²) < 4.78 is 5.77. The van der Waals surface area contributed by atoms with Crippen molar-refractivity contribution in [3.05, 3.63) is 0 Å². The van der Waals surface area contributed by atoms with Gasteiger partial charge in [0.05, 0.1) is 12.2 Å². The molecule has 2 nitrogen and oxygen atoms in total. The largest absolute Gasteiger partial charge is 0.393 e. The summed E-state index contributed by atoms with van der Waals surface area (Å²) in [7, 11) is 0. The Kier molecular flexibility index (Phi) is 3.23. The highest BCUT2D eigenvalue weighted by molar-refractivity contribution is 4.79. The lowest BCUT2D eigenvalue weighted by molar-refractivity contribution is -0.0410. The van der Waals surface area contributed by atoms with Gasteiger partial charge in [-0.1, -0.05) is 0 Å². The SMILES string of the molecule is OC1CCC(C2CCCCO2)CC1. The summed E-state index contributed by atoms with van der Waals surface area (Å²) in [5, 5.41) is 9.38. The van der Waals surface area contributed by atoms with Gasteiger partial charge in [-0.05, 0) is 50.9 Å². The van der Waals surface area contributed by atoms with Gasteiger partial charge in [-0.25, -0.2) is 0 Å². The summed E-state index contributed by atoms with van der Waals surface area (Å²) >= 11 is 0. The van der Waals surface area contributed by atoms with Crippen LogP contribution < -0.4 is 0 Å². The van der Waals surface area contributed by atoms with E-state index in [9.17, 15) is 5.11 Å². The molecule has 0 spiro atoms. The monoisotopic (exact) mass is 184 g/mol. The number of ether oxygens (including phenoxy) is 1. The zero-order valence-electron chi connectivity index (χ0n) is 8.24. The molecule has 1 N–H and O–H groups in total. The van der Waals surface area contributed by atoms with Crippen LogP contribution in [-0.2, 0) is 4.74 Å². The van der Waals surface area contributed by atoms with Crippen LogP contribution in [0.3, 0.4) is 0 Å². The van der Waals surface area contributed by atoms with Crippen LogP contribution in [0.5, 0.6) is 0 Å². The molecule has 1 saturated carbocycles. The average molecular weight is 184 g/mol. The quantitative estimate of drug-likeness (QED) is 0.676. The van der Waals surface area contributed by atoms with Gasteiger partial charge in [0, 0.05) is 6.61 Å². The van der Waals surface area contributed by atoms with E-state index < -0.39 is 0 Å². The standard InChI is InChI=1S/C11H20O2/c12-10-6-4-9(5-7-10)11-3-1-2-8-13-11/h9-12H,1-8H2. The van der Waals surface area contributed by atoms with E-state index >= 15 is 0 Å². The van der Waals surface area contributed by atoms with Gasteiger partial charge < -0.3 is 9.84 Å². The summed E-state index contributed by atoms with van der Waals surface area (Å²) in [5.41, 5.74) is 0. The summed E-state index contributed by atoms with van der Waals surface area (Å²) in [5.74, 6) is 0.740. The van der Waals surface area contributed by atoms with Gasteiger partial charge in [-0.15, -0.1) is 0 Å². The van der Waals surface area contributed by atoms with E-state index in [0.717, 1.165) is 25.4 Å². The molecule has 0 amide bonds. The summed E-state index contributed by atoms with van der Waals surface area (Å²) in [6.07, 6.45) is 8.64. The number of aliphatic hydroxyl groups excluding tert-OH is 1. The Hall–Kier alpha value is -0.0800. The molecule has 0 aromatic carbocycles. The maximum Gasteiger partial charge on any atom is 0.0603 e. The second kappa shape index (κ2) is 4.43. The molecule has 2 aliphatic rings. The normalized spacial score (nSPS) is 41.8. The van der Waals surface area contributed by atoms with Crippen LogP contribution in [0.4, 0.5) is 0 Å². The Morgan fingerprint density at radius 3 is 2.31 bits per heavy atom. The third-order valence-electron chi connectivity index (χ3n) is 3.48. The highest BCUT2D eigenvalue weighted by atomic mass is 16.5. The topological polar surface area (TPSA) is 29.5 Å². The van der Waals surface area contributed by atoms with Crippen LogP contribution in [-0.4, -0.2) is 23.9 Å². The number of hydrogen-bond donors (Lipinski definition) is 1. The highest BCUT2D eigenvalue weighted by Gasteiger charge is 2.28. The first-order valence-corrected chi connectivity index (χ1v) is 5.66. The Morgan fingerprint density at radius 1 is 0.923 bits per heavy atom. The molecule has 2 heteroatoms. The molecule has 0 bridgehead atoms. The van der Waals surface area contributed by atoms with Crippen molar-refractivity contribution < 1.29 is 9.84 Å². The van der Waals surface area contributed by atoms with Gasteiger partial charge in [0.15, 0.2) is 0 Å². The van der Waals surface area contributed by atoms with E-state index in [4.69, 9.17) is 4.74 Å². The van der Waals surface area contributed by atoms with E-state index in [-0.39, 0.29) is 6.10 Å². The van der Waals surface area contributed by atoms with Crippen molar-refractivity contribution >= 4 is 0 Å². The zero-order chi connectivity index (χ0) is 9.10. The molecule has 1 aliphatic heterocycles. The molecule has 0 aromatic rings. The predicted molar refractivity (Wildman–Crippen MR) is 51.6 cm³/mol. The van der Waals surface area contributed by atoms with Gasteiger partial charge in [0.1, 0.15) is 0 Å². The highest BCUT2D eigenvalue weighted by Crippen LogP contribution is 2.32. The lowest BCUT2D eigenvalue weighted by Crippen LogP contribution is -2.32. The van der Waals surface area contributed by atoms with Crippen molar-refractivity contribution in [3.63, 3.8) is 0 Å². The fraction of sp³-hybridized carbons (Fsp3) is 1.00. The third-order valence-corrected chi connectivity index (χ3v) is 3.48. The molecule has 0 aromatic heterocycles. The Balaban J connectivity index is 1.79. The number of hydrogen-bond acceptors (Lipinski definition) is 2. The molecule has 1 saturated heterocycles. The van der Waals surface area contributed by atoms with Crippen LogP contribution in [0.2, 0.25) is 0 Å². The molecule has 1 heterocycles. The molecule has 2 fully saturated rings. The third kappa shape index (κ3) is 2.44.